The molecule has 1 aromatic carbocycles. The van der Waals surface area contributed by atoms with Gasteiger partial charge >= 0.3 is 0 Å². The lowest BCUT2D eigenvalue weighted by Crippen LogP contribution is -2.43. The number of piperidine rings is 1. The molecule has 2 aromatic rings. The molecule has 2 atom stereocenters. The van der Waals surface area contributed by atoms with Crippen LogP contribution in [0, 0.1) is 11.7 Å². The fourth-order valence-corrected chi connectivity index (χ4v) is 3.21. The van der Waals surface area contributed by atoms with Gasteiger partial charge in [0.25, 0.3) is 0 Å². The van der Waals surface area contributed by atoms with E-state index < -0.39 is 0 Å². The van der Waals surface area contributed by atoms with E-state index in [0.29, 0.717) is 24.4 Å². The predicted molar refractivity (Wildman–Crippen MR) is 91.1 cm³/mol. The smallest absolute Gasteiger partial charge is 0.222 e. The number of aliphatic hydroxyl groups excluding tert-OH is 1. The fourth-order valence-electron chi connectivity index (χ4n) is 3.21. The maximum atomic E-state index is 13.9. The van der Waals surface area contributed by atoms with Crippen LogP contribution in [0.3, 0.4) is 0 Å². The van der Waals surface area contributed by atoms with Crippen molar-refractivity contribution >= 4 is 5.95 Å². The summed E-state index contributed by atoms with van der Waals surface area (Å²) in [5.41, 5.74) is 1.71. The maximum Gasteiger partial charge on any atom is 0.222 e. The van der Waals surface area contributed by atoms with Crippen molar-refractivity contribution in [2.75, 3.05) is 25.5 Å². The Morgan fingerprint density at radius 3 is 2.75 bits per heavy atom. The Hall–Kier alpha value is -2.05. The summed E-state index contributed by atoms with van der Waals surface area (Å²) in [7, 11) is 1.79. The second kappa shape index (κ2) is 7.68. The Balaban J connectivity index is 1.63. The van der Waals surface area contributed by atoms with Crippen LogP contribution < -0.4 is 5.32 Å². The molecule has 24 heavy (non-hydrogen) atoms. The van der Waals surface area contributed by atoms with E-state index in [4.69, 9.17) is 0 Å². The van der Waals surface area contributed by atoms with Gasteiger partial charge in [-0.05, 0) is 24.5 Å². The van der Waals surface area contributed by atoms with Gasteiger partial charge in [-0.25, -0.2) is 14.4 Å². The Morgan fingerprint density at radius 1 is 1.29 bits per heavy atom. The van der Waals surface area contributed by atoms with E-state index in [1.807, 2.05) is 18.5 Å². The van der Waals surface area contributed by atoms with Crippen molar-refractivity contribution in [1.82, 2.24) is 14.9 Å². The number of halogens is 1. The monoisotopic (exact) mass is 330 g/mol. The quantitative estimate of drug-likeness (QED) is 0.879. The summed E-state index contributed by atoms with van der Waals surface area (Å²) in [5, 5.41) is 13.2. The van der Waals surface area contributed by atoms with E-state index in [-0.39, 0.29) is 17.8 Å². The van der Waals surface area contributed by atoms with Gasteiger partial charge in [-0.1, -0.05) is 18.2 Å². The van der Waals surface area contributed by atoms with Crippen molar-refractivity contribution in [3.05, 3.63) is 53.6 Å². The van der Waals surface area contributed by atoms with E-state index in [1.54, 1.807) is 19.2 Å². The summed E-state index contributed by atoms with van der Waals surface area (Å²) >= 11 is 0. The van der Waals surface area contributed by atoms with Crippen molar-refractivity contribution in [3.8, 4) is 0 Å². The van der Waals surface area contributed by atoms with E-state index in [9.17, 15) is 9.50 Å². The third kappa shape index (κ3) is 4.07. The van der Waals surface area contributed by atoms with Gasteiger partial charge < -0.3 is 10.4 Å². The predicted octanol–water partition coefficient (Wildman–Crippen LogP) is 2.08. The van der Waals surface area contributed by atoms with Crippen molar-refractivity contribution in [2.24, 2.45) is 5.92 Å². The van der Waals surface area contributed by atoms with Gasteiger partial charge in [0.15, 0.2) is 0 Å². The van der Waals surface area contributed by atoms with Gasteiger partial charge in [-0.2, -0.15) is 0 Å². The minimum Gasteiger partial charge on any atom is -0.393 e. The molecular weight excluding hydrogens is 307 g/mol. The number of rotatable bonds is 5. The van der Waals surface area contributed by atoms with Crippen molar-refractivity contribution in [3.63, 3.8) is 0 Å². The molecule has 0 spiro atoms. The van der Waals surface area contributed by atoms with Gasteiger partial charge in [0.2, 0.25) is 5.95 Å². The van der Waals surface area contributed by atoms with E-state index in [1.165, 1.54) is 6.07 Å². The van der Waals surface area contributed by atoms with Gasteiger partial charge in [-0.15, -0.1) is 0 Å². The molecule has 0 unspecified atom stereocenters. The highest BCUT2D eigenvalue weighted by molar-refractivity contribution is 5.23. The number of likely N-dealkylation sites (tertiary alicyclic amines) is 1. The number of nitrogens with one attached hydrogen (secondary N) is 1. The first kappa shape index (κ1) is 16.8. The average Bonchev–Trinajstić information content (AvgIpc) is 2.60. The minimum atomic E-state index is -0.385. The topological polar surface area (TPSA) is 61.3 Å². The second-order valence-electron chi connectivity index (χ2n) is 6.31. The number of hydrogen-bond donors (Lipinski definition) is 2. The Labute approximate surface area is 141 Å². The molecule has 0 radical (unpaired) electrons. The van der Waals surface area contributed by atoms with Crippen LogP contribution >= 0.6 is 0 Å². The van der Waals surface area contributed by atoms with Crippen molar-refractivity contribution in [2.45, 2.75) is 25.5 Å². The molecule has 0 saturated carbocycles. The standard InChI is InChI=1S/C18H23FN4O/c1-20-18-21-9-13(10-22-18)11-23-7-6-17(24)15(12-23)8-14-4-2-3-5-16(14)19/h2-5,9-10,15,17,24H,6-8,11-12H2,1H3,(H,20,21,22)/t15-,17-/m1/s1. The molecule has 6 heteroatoms. The second-order valence-corrected chi connectivity index (χ2v) is 6.31. The first-order valence-electron chi connectivity index (χ1n) is 8.28. The Morgan fingerprint density at radius 2 is 2.04 bits per heavy atom. The molecule has 3 rings (SSSR count). The number of anilines is 1. The molecule has 2 N–H and O–H groups in total. The van der Waals surface area contributed by atoms with E-state index in [0.717, 1.165) is 25.2 Å². The molecule has 2 heterocycles. The van der Waals surface area contributed by atoms with Crippen LogP contribution in [0.15, 0.2) is 36.7 Å². The van der Waals surface area contributed by atoms with Crippen LogP contribution in [0.2, 0.25) is 0 Å². The number of benzene rings is 1. The molecule has 1 saturated heterocycles. The molecule has 0 bridgehead atoms. The van der Waals surface area contributed by atoms with Crippen LogP contribution in [0.25, 0.3) is 0 Å². The lowest BCUT2D eigenvalue weighted by molar-refractivity contribution is 0.0235. The summed E-state index contributed by atoms with van der Waals surface area (Å²) < 4.78 is 13.9. The number of hydrogen-bond acceptors (Lipinski definition) is 5. The zero-order chi connectivity index (χ0) is 16.9. The van der Waals surface area contributed by atoms with Crippen LogP contribution in [0.4, 0.5) is 10.3 Å². The summed E-state index contributed by atoms with van der Waals surface area (Å²) in [6.45, 7) is 2.30. The third-order valence-corrected chi connectivity index (χ3v) is 4.55. The molecule has 0 aliphatic carbocycles. The molecule has 1 aliphatic rings. The normalized spacial score (nSPS) is 21.6. The lowest BCUT2D eigenvalue weighted by Gasteiger charge is -2.36. The number of nitrogens with zero attached hydrogens (tertiary/aromatic N) is 3. The van der Waals surface area contributed by atoms with Gasteiger partial charge in [0.1, 0.15) is 5.82 Å². The molecular formula is C18H23FN4O. The van der Waals surface area contributed by atoms with Crippen molar-refractivity contribution < 1.29 is 9.50 Å². The molecule has 1 aliphatic heterocycles. The molecule has 5 nitrogen and oxygen atoms in total. The molecule has 1 aromatic heterocycles. The average molecular weight is 330 g/mol. The van der Waals surface area contributed by atoms with Crippen LogP contribution in [0.1, 0.15) is 17.5 Å². The van der Waals surface area contributed by atoms with Gasteiger partial charge in [0, 0.05) is 50.6 Å². The van der Waals surface area contributed by atoms with Gasteiger partial charge in [0.05, 0.1) is 6.10 Å². The molecule has 0 amide bonds. The first-order chi connectivity index (χ1) is 11.7. The number of aromatic nitrogens is 2. The van der Waals surface area contributed by atoms with E-state index >= 15 is 0 Å². The van der Waals surface area contributed by atoms with Crippen LogP contribution in [-0.4, -0.2) is 46.2 Å². The van der Waals surface area contributed by atoms with E-state index in [2.05, 4.69) is 20.2 Å². The SMILES string of the molecule is CNc1ncc(CN2CC[C@@H](O)[C@H](Cc3ccccc3F)C2)cn1. The highest BCUT2D eigenvalue weighted by Gasteiger charge is 2.28. The van der Waals surface area contributed by atoms with Gasteiger partial charge in [-0.3, -0.25) is 4.90 Å². The lowest BCUT2D eigenvalue weighted by atomic mass is 9.88. The summed E-state index contributed by atoms with van der Waals surface area (Å²) in [4.78, 5) is 10.7. The maximum absolute atomic E-state index is 13.9. The Bertz CT molecular complexity index is 664. The van der Waals surface area contributed by atoms with Crippen LogP contribution in [0.5, 0.6) is 0 Å². The van der Waals surface area contributed by atoms with Crippen LogP contribution in [-0.2, 0) is 13.0 Å². The third-order valence-electron chi connectivity index (χ3n) is 4.55. The summed E-state index contributed by atoms with van der Waals surface area (Å²) in [6, 6.07) is 6.80. The molecule has 128 valence electrons. The van der Waals surface area contributed by atoms with Crippen molar-refractivity contribution in [1.29, 1.82) is 0 Å². The highest BCUT2D eigenvalue weighted by Crippen LogP contribution is 2.24. The first-order valence-corrected chi connectivity index (χ1v) is 8.28. The minimum absolute atomic E-state index is 0.0353. The zero-order valence-corrected chi connectivity index (χ0v) is 13.8. The summed E-state index contributed by atoms with van der Waals surface area (Å²) in [6.07, 6.45) is 4.50. The Kier molecular flexibility index (Phi) is 5.37. The fraction of sp³-hybridized carbons (Fsp3) is 0.444. The zero-order valence-electron chi connectivity index (χ0n) is 13.8. The largest absolute Gasteiger partial charge is 0.393 e. The summed E-state index contributed by atoms with van der Waals surface area (Å²) in [5.74, 6) is 0.441. The molecule has 1 fully saturated rings. The number of aliphatic hydroxyl groups is 1. The highest BCUT2D eigenvalue weighted by atomic mass is 19.1.